The Morgan fingerprint density at radius 1 is 0.589 bits per heavy atom. The maximum atomic E-state index is 12.9. The van der Waals surface area contributed by atoms with E-state index in [0.717, 1.165) is 44.9 Å². The molecule has 0 amide bonds. The average molecular weight is 803 g/mol. The van der Waals surface area contributed by atoms with Crippen LogP contribution in [0.5, 0.6) is 0 Å². The van der Waals surface area contributed by atoms with Crippen molar-refractivity contribution < 1.29 is 57.8 Å². The lowest BCUT2D eigenvalue weighted by molar-refractivity contribution is -0.145. The standard InChI is InChI=1S/C42H78N2O12/c1-4-7-9-11-13-15-18-37-21-20-36(6-3)38(19-16-14-12-10-8-5-2)56-42(50)54-35-33-52-40(48)23-27-43(24-17-25-44(28-30-45)29-31-46)26-22-39(47)51-32-34-53-41(49)55-37/h36-38,45-46H,4-35H2,1-3H3. The van der Waals surface area contributed by atoms with E-state index < -0.39 is 24.2 Å². The van der Waals surface area contributed by atoms with E-state index in [2.05, 4.69) is 20.8 Å². The number of carbonyl (C=O) groups is 4. The van der Waals surface area contributed by atoms with E-state index in [4.69, 9.17) is 28.4 Å². The Kier molecular flexibility index (Phi) is 32.5. The number of ether oxygens (including phenoxy) is 6. The van der Waals surface area contributed by atoms with E-state index >= 15 is 0 Å². The summed E-state index contributed by atoms with van der Waals surface area (Å²) >= 11 is 0. The highest BCUT2D eigenvalue weighted by molar-refractivity contribution is 5.70. The summed E-state index contributed by atoms with van der Waals surface area (Å²) in [6.45, 7) is 8.60. The van der Waals surface area contributed by atoms with Crippen LogP contribution in [0.4, 0.5) is 9.59 Å². The predicted molar refractivity (Wildman–Crippen MR) is 214 cm³/mol. The van der Waals surface area contributed by atoms with Crippen molar-refractivity contribution in [1.82, 2.24) is 9.80 Å². The number of aliphatic hydroxyl groups excluding tert-OH is 2. The fraction of sp³-hybridized carbons (Fsp3) is 0.905. The molecule has 328 valence electrons. The number of hydrogen-bond donors (Lipinski definition) is 2. The van der Waals surface area contributed by atoms with Gasteiger partial charge in [-0.25, -0.2) is 9.59 Å². The molecule has 1 heterocycles. The molecule has 0 aliphatic carbocycles. The molecule has 0 bridgehead atoms. The Balaban J connectivity index is 3.03. The summed E-state index contributed by atoms with van der Waals surface area (Å²) in [6, 6.07) is 0. The van der Waals surface area contributed by atoms with Crippen LogP contribution in [0.1, 0.15) is 149 Å². The zero-order valence-electron chi connectivity index (χ0n) is 35.2. The molecule has 1 aliphatic heterocycles. The number of esters is 2. The van der Waals surface area contributed by atoms with Crippen LogP contribution in [0.15, 0.2) is 0 Å². The van der Waals surface area contributed by atoms with Gasteiger partial charge in [0.15, 0.2) is 0 Å². The van der Waals surface area contributed by atoms with Crippen LogP contribution in [0.2, 0.25) is 0 Å². The maximum absolute atomic E-state index is 12.9. The zero-order chi connectivity index (χ0) is 41.1. The number of aliphatic hydroxyl groups is 2. The average Bonchev–Trinajstić information content (AvgIpc) is 3.18. The first-order chi connectivity index (χ1) is 27.3. The van der Waals surface area contributed by atoms with Gasteiger partial charge in [-0.05, 0) is 70.4 Å². The summed E-state index contributed by atoms with van der Waals surface area (Å²) in [6.07, 6.45) is 15.3. The van der Waals surface area contributed by atoms with Crippen molar-refractivity contribution in [2.45, 2.75) is 161 Å². The smallest absolute Gasteiger partial charge is 0.462 e. The van der Waals surface area contributed by atoms with Crippen molar-refractivity contribution in [3.05, 3.63) is 0 Å². The minimum absolute atomic E-state index is 0.0247. The molecule has 14 nitrogen and oxygen atoms in total. The van der Waals surface area contributed by atoms with Crippen molar-refractivity contribution in [2.24, 2.45) is 5.92 Å². The van der Waals surface area contributed by atoms with Gasteiger partial charge in [-0.3, -0.25) is 14.5 Å². The van der Waals surface area contributed by atoms with E-state index in [1.807, 2.05) is 9.80 Å². The highest BCUT2D eigenvalue weighted by atomic mass is 16.7. The van der Waals surface area contributed by atoms with Crippen molar-refractivity contribution in [3.8, 4) is 0 Å². The molecule has 3 atom stereocenters. The van der Waals surface area contributed by atoms with Crippen molar-refractivity contribution >= 4 is 24.2 Å². The van der Waals surface area contributed by atoms with E-state index in [1.54, 1.807) is 0 Å². The number of nitrogens with zero attached hydrogens (tertiary/aromatic N) is 2. The Bertz CT molecular complexity index is 997. The second kappa shape index (κ2) is 35.5. The normalized spacial score (nSPS) is 20.9. The zero-order valence-corrected chi connectivity index (χ0v) is 35.2. The van der Waals surface area contributed by atoms with Gasteiger partial charge in [0, 0.05) is 26.2 Å². The molecular weight excluding hydrogens is 724 g/mol. The van der Waals surface area contributed by atoms with Gasteiger partial charge in [0.1, 0.15) is 38.6 Å². The molecular formula is C42H78N2O12. The highest BCUT2D eigenvalue weighted by Gasteiger charge is 2.27. The second-order valence-electron chi connectivity index (χ2n) is 14.9. The highest BCUT2D eigenvalue weighted by Crippen LogP contribution is 2.27. The van der Waals surface area contributed by atoms with E-state index in [0.29, 0.717) is 71.4 Å². The van der Waals surface area contributed by atoms with Gasteiger partial charge < -0.3 is 43.5 Å². The molecule has 56 heavy (non-hydrogen) atoms. The minimum atomic E-state index is -0.794. The molecule has 14 heteroatoms. The van der Waals surface area contributed by atoms with Crippen molar-refractivity contribution in [3.63, 3.8) is 0 Å². The number of carbonyl (C=O) groups excluding carboxylic acids is 4. The van der Waals surface area contributed by atoms with Crippen molar-refractivity contribution in [1.29, 1.82) is 0 Å². The third kappa shape index (κ3) is 27.8. The Hall–Kier alpha value is -2.68. The van der Waals surface area contributed by atoms with Crippen LogP contribution >= 0.6 is 0 Å². The predicted octanol–water partition coefficient (Wildman–Crippen LogP) is 7.20. The fourth-order valence-corrected chi connectivity index (χ4v) is 6.99. The van der Waals surface area contributed by atoms with Gasteiger partial charge in [-0.2, -0.15) is 0 Å². The molecule has 0 aromatic rings. The summed E-state index contributed by atoms with van der Waals surface area (Å²) in [7, 11) is 0. The number of unbranched alkanes of at least 4 members (excludes halogenated alkanes) is 10. The van der Waals surface area contributed by atoms with Gasteiger partial charge in [0.25, 0.3) is 0 Å². The Morgan fingerprint density at radius 3 is 1.62 bits per heavy atom. The lowest BCUT2D eigenvalue weighted by Gasteiger charge is -2.28. The monoisotopic (exact) mass is 803 g/mol. The molecule has 1 fully saturated rings. The van der Waals surface area contributed by atoms with Crippen LogP contribution in [0.25, 0.3) is 0 Å². The Labute approximate surface area is 337 Å². The summed E-state index contributed by atoms with van der Waals surface area (Å²) < 4.78 is 33.1. The molecule has 3 unspecified atom stereocenters. The quantitative estimate of drug-likeness (QED) is 0.0604. The van der Waals surface area contributed by atoms with Crippen LogP contribution in [-0.4, -0.2) is 135 Å². The van der Waals surface area contributed by atoms with Crippen LogP contribution in [0.3, 0.4) is 0 Å². The molecule has 0 radical (unpaired) electrons. The number of hydrogen-bond acceptors (Lipinski definition) is 14. The molecule has 1 aliphatic rings. The lowest BCUT2D eigenvalue weighted by Crippen LogP contribution is -2.35. The maximum Gasteiger partial charge on any atom is 0.508 e. The number of rotatable bonds is 23. The third-order valence-corrected chi connectivity index (χ3v) is 10.3. The Morgan fingerprint density at radius 2 is 1.09 bits per heavy atom. The minimum Gasteiger partial charge on any atom is -0.462 e. The summed E-state index contributed by atoms with van der Waals surface area (Å²) in [5.74, 6) is -0.891. The molecule has 1 rings (SSSR count). The molecule has 2 N–H and O–H groups in total. The first-order valence-electron chi connectivity index (χ1n) is 21.9. The second-order valence-corrected chi connectivity index (χ2v) is 14.9. The van der Waals surface area contributed by atoms with Gasteiger partial charge in [0.2, 0.25) is 0 Å². The lowest BCUT2D eigenvalue weighted by atomic mass is 9.88. The molecule has 0 saturated carbocycles. The summed E-state index contributed by atoms with van der Waals surface area (Å²) in [5, 5.41) is 18.7. The van der Waals surface area contributed by atoms with Crippen molar-refractivity contribution in [2.75, 3.05) is 78.9 Å². The first-order valence-corrected chi connectivity index (χ1v) is 21.9. The summed E-state index contributed by atoms with van der Waals surface area (Å²) in [5.41, 5.74) is 0. The topological polar surface area (TPSA) is 171 Å². The molecule has 0 aromatic heterocycles. The first kappa shape index (κ1) is 51.3. The van der Waals surface area contributed by atoms with E-state index in [-0.39, 0.29) is 70.6 Å². The number of cyclic esters (lactones) is 6. The van der Waals surface area contributed by atoms with Crippen LogP contribution in [-0.2, 0) is 38.0 Å². The van der Waals surface area contributed by atoms with Gasteiger partial charge in [0.05, 0.1) is 26.1 Å². The van der Waals surface area contributed by atoms with Gasteiger partial charge >= 0.3 is 24.2 Å². The SMILES string of the molecule is CCCCCCCCC1CCC(CC)C(CCCCCCCC)OC(=O)OCCOC(=O)CCN(CCCN(CCO)CCO)CCC(=O)OCCOC(=O)O1. The fourth-order valence-electron chi connectivity index (χ4n) is 6.99. The third-order valence-electron chi connectivity index (χ3n) is 10.3. The van der Waals surface area contributed by atoms with Crippen LogP contribution < -0.4 is 0 Å². The van der Waals surface area contributed by atoms with Crippen LogP contribution in [0, 0.1) is 5.92 Å². The molecule has 0 aromatic carbocycles. The van der Waals surface area contributed by atoms with E-state index in [1.165, 1.54) is 38.5 Å². The van der Waals surface area contributed by atoms with Gasteiger partial charge in [-0.1, -0.05) is 85.0 Å². The molecule has 1 saturated heterocycles. The van der Waals surface area contributed by atoms with E-state index in [9.17, 15) is 29.4 Å². The van der Waals surface area contributed by atoms with Gasteiger partial charge in [-0.15, -0.1) is 0 Å². The molecule has 0 spiro atoms. The largest absolute Gasteiger partial charge is 0.508 e. The summed E-state index contributed by atoms with van der Waals surface area (Å²) in [4.78, 5) is 54.9.